The summed E-state index contributed by atoms with van der Waals surface area (Å²) in [4.78, 5) is 15.6. The fraction of sp³-hybridized carbons (Fsp3) is 0.875. The van der Waals surface area contributed by atoms with Crippen LogP contribution in [0.3, 0.4) is 0 Å². The first-order valence-corrected chi connectivity index (χ1v) is 4.08. The maximum atomic E-state index is 11.2. The third-order valence-corrected chi connectivity index (χ3v) is 1.41. The number of rotatable bonds is 4. The van der Waals surface area contributed by atoms with Gasteiger partial charge in [0.05, 0.1) is 6.61 Å². The van der Waals surface area contributed by atoms with Crippen molar-refractivity contribution < 1.29 is 9.63 Å². The lowest BCUT2D eigenvalue weighted by Gasteiger charge is -2.17. The minimum Gasteiger partial charge on any atom is -0.356 e. The fourth-order valence-corrected chi connectivity index (χ4v) is 0.623. The Balaban J connectivity index is 3.45. The highest BCUT2D eigenvalue weighted by atomic mass is 16.6. The summed E-state index contributed by atoms with van der Waals surface area (Å²) in [6.07, 6.45) is 0.748. The molecule has 0 aromatic carbocycles. The summed E-state index contributed by atoms with van der Waals surface area (Å²) in [7, 11) is 0. The Morgan fingerprint density at radius 3 is 2.50 bits per heavy atom. The normalized spacial score (nSPS) is 11.3. The van der Waals surface area contributed by atoms with Crippen LogP contribution in [-0.4, -0.2) is 19.1 Å². The van der Waals surface area contributed by atoms with Gasteiger partial charge in [-0.15, -0.1) is 0 Å². The molecular weight excluding hydrogens is 156 g/mol. The third-order valence-electron chi connectivity index (χ3n) is 1.41. The zero-order valence-electron chi connectivity index (χ0n) is 8.02. The van der Waals surface area contributed by atoms with Crippen LogP contribution in [-0.2, 0) is 9.63 Å². The number of amides is 1. The van der Waals surface area contributed by atoms with Crippen LogP contribution in [0, 0.1) is 5.41 Å². The summed E-state index contributed by atoms with van der Waals surface area (Å²) in [5.74, 6) is 4.87. The molecule has 0 rings (SSSR count). The van der Waals surface area contributed by atoms with Crippen LogP contribution in [0.25, 0.3) is 0 Å². The minimum atomic E-state index is -0.316. The molecule has 0 aromatic heterocycles. The van der Waals surface area contributed by atoms with Crippen molar-refractivity contribution in [2.24, 2.45) is 11.3 Å². The van der Waals surface area contributed by atoms with E-state index < -0.39 is 0 Å². The summed E-state index contributed by atoms with van der Waals surface area (Å²) in [6, 6.07) is 0. The second-order valence-corrected chi connectivity index (χ2v) is 3.73. The van der Waals surface area contributed by atoms with Crippen molar-refractivity contribution in [2.45, 2.75) is 27.2 Å². The van der Waals surface area contributed by atoms with Gasteiger partial charge in [-0.1, -0.05) is 20.8 Å². The Kier molecular flexibility index (Phi) is 4.85. The maximum Gasteiger partial charge on any atom is 0.225 e. The number of carbonyl (C=O) groups is 1. The third kappa shape index (κ3) is 5.09. The van der Waals surface area contributed by atoms with E-state index in [-0.39, 0.29) is 11.3 Å². The predicted octanol–water partition coefficient (Wildman–Crippen LogP) is 0.429. The lowest BCUT2D eigenvalue weighted by atomic mass is 9.96. The van der Waals surface area contributed by atoms with Gasteiger partial charge in [-0.2, -0.15) is 0 Å². The Hall–Kier alpha value is -0.610. The molecule has 0 heterocycles. The molecule has 12 heavy (non-hydrogen) atoms. The van der Waals surface area contributed by atoms with E-state index in [0.717, 1.165) is 6.42 Å². The van der Waals surface area contributed by atoms with Crippen molar-refractivity contribution in [1.29, 1.82) is 0 Å². The monoisotopic (exact) mass is 174 g/mol. The Labute approximate surface area is 73.4 Å². The smallest absolute Gasteiger partial charge is 0.225 e. The summed E-state index contributed by atoms with van der Waals surface area (Å²) in [6.45, 7) is 6.73. The lowest BCUT2D eigenvalue weighted by molar-refractivity contribution is -0.128. The molecule has 0 unspecified atom stereocenters. The van der Waals surface area contributed by atoms with Crippen molar-refractivity contribution in [3.8, 4) is 0 Å². The van der Waals surface area contributed by atoms with Gasteiger partial charge >= 0.3 is 0 Å². The molecule has 0 aliphatic rings. The molecular formula is C8H18N2O2. The van der Waals surface area contributed by atoms with Gasteiger partial charge in [0, 0.05) is 12.0 Å². The van der Waals surface area contributed by atoms with E-state index in [9.17, 15) is 4.79 Å². The van der Waals surface area contributed by atoms with Crippen LogP contribution in [0.15, 0.2) is 0 Å². The molecule has 0 saturated heterocycles. The zero-order valence-corrected chi connectivity index (χ0v) is 8.02. The highest BCUT2D eigenvalue weighted by Gasteiger charge is 2.19. The van der Waals surface area contributed by atoms with Gasteiger partial charge in [0.1, 0.15) is 0 Å². The SMILES string of the molecule is CC(C)(C)C(=O)NCCCON. The molecule has 0 aliphatic heterocycles. The van der Waals surface area contributed by atoms with E-state index in [2.05, 4.69) is 10.2 Å². The van der Waals surface area contributed by atoms with E-state index >= 15 is 0 Å². The standard InChI is InChI=1S/C8H18N2O2/c1-8(2,3)7(11)10-5-4-6-12-9/h4-6,9H2,1-3H3,(H,10,11). The Morgan fingerprint density at radius 2 is 2.08 bits per heavy atom. The topological polar surface area (TPSA) is 64.3 Å². The van der Waals surface area contributed by atoms with Crippen molar-refractivity contribution in [1.82, 2.24) is 5.32 Å². The summed E-state index contributed by atoms with van der Waals surface area (Å²) in [5, 5.41) is 2.78. The first kappa shape index (κ1) is 11.4. The van der Waals surface area contributed by atoms with Gasteiger partial charge in [-0.05, 0) is 6.42 Å². The Bertz CT molecular complexity index is 140. The molecule has 4 heteroatoms. The number of nitrogens with one attached hydrogen (secondary N) is 1. The molecule has 3 N–H and O–H groups in total. The molecule has 0 radical (unpaired) electrons. The fourth-order valence-electron chi connectivity index (χ4n) is 0.623. The van der Waals surface area contributed by atoms with Crippen molar-refractivity contribution in [2.75, 3.05) is 13.2 Å². The molecule has 0 fully saturated rings. The van der Waals surface area contributed by atoms with Crippen LogP contribution < -0.4 is 11.2 Å². The van der Waals surface area contributed by atoms with Gasteiger partial charge in [0.2, 0.25) is 5.91 Å². The maximum absolute atomic E-state index is 11.2. The first-order valence-electron chi connectivity index (χ1n) is 4.08. The van der Waals surface area contributed by atoms with Crippen LogP contribution >= 0.6 is 0 Å². The average molecular weight is 174 g/mol. The second kappa shape index (κ2) is 5.11. The van der Waals surface area contributed by atoms with Gasteiger partial charge in [0.25, 0.3) is 0 Å². The number of hydrogen-bond acceptors (Lipinski definition) is 3. The second-order valence-electron chi connectivity index (χ2n) is 3.73. The molecule has 4 nitrogen and oxygen atoms in total. The first-order chi connectivity index (χ1) is 5.48. The van der Waals surface area contributed by atoms with E-state index in [1.807, 2.05) is 20.8 Å². The molecule has 0 aliphatic carbocycles. The molecule has 0 aromatic rings. The number of nitrogens with two attached hydrogens (primary N) is 1. The van der Waals surface area contributed by atoms with Crippen molar-refractivity contribution in [3.63, 3.8) is 0 Å². The van der Waals surface area contributed by atoms with Crippen LogP contribution in [0.5, 0.6) is 0 Å². The highest BCUT2D eigenvalue weighted by molar-refractivity contribution is 5.81. The molecule has 1 amide bonds. The van der Waals surface area contributed by atoms with Gasteiger partial charge in [-0.25, -0.2) is 5.90 Å². The quantitative estimate of drug-likeness (QED) is 0.480. The van der Waals surface area contributed by atoms with Crippen molar-refractivity contribution in [3.05, 3.63) is 0 Å². The van der Waals surface area contributed by atoms with Gasteiger partial charge in [-0.3, -0.25) is 4.79 Å². The largest absolute Gasteiger partial charge is 0.356 e. The van der Waals surface area contributed by atoms with Crippen LogP contribution in [0.4, 0.5) is 0 Å². The minimum absolute atomic E-state index is 0.0551. The lowest BCUT2D eigenvalue weighted by Crippen LogP contribution is -2.35. The van der Waals surface area contributed by atoms with E-state index in [1.54, 1.807) is 0 Å². The van der Waals surface area contributed by atoms with E-state index in [4.69, 9.17) is 5.90 Å². The van der Waals surface area contributed by atoms with Gasteiger partial charge in [0.15, 0.2) is 0 Å². The molecule has 0 spiro atoms. The van der Waals surface area contributed by atoms with Crippen molar-refractivity contribution >= 4 is 5.91 Å². The van der Waals surface area contributed by atoms with Crippen LogP contribution in [0.2, 0.25) is 0 Å². The average Bonchev–Trinajstić information content (AvgIpc) is 1.96. The number of carbonyl (C=O) groups excluding carboxylic acids is 1. The molecule has 72 valence electrons. The summed E-state index contributed by atoms with van der Waals surface area (Å²) in [5.41, 5.74) is -0.316. The van der Waals surface area contributed by atoms with E-state index in [1.165, 1.54) is 0 Å². The van der Waals surface area contributed by atoms with E-state index in [0.29, 0.717) is 13.2 Å². The summed E-state index contributed by atoms with van der Waals surface area (Å²) < 4.78 is 0. The Morgan fingerprint density at radius 1 is 1.50 bits per heavy atom. The molecule has 0 bridgehead atoms. The predicted molar refractivity (Wildman–Crippen MR) is 47.2 cm³/mol. The molecule has 0 saturated carbocycles. The zero-order chi connectivity index (χ0) is 9.61. The summed E-state index contributed by atoms with van der Waals surface area (Å²) >= 11 is 0. The van der Waals surface area contributed by atoms with Crippen LogP contribution in [0.1, 0.15) is 27.2 Å². The van der Waals surface area contributed by atoms with Gasteiger partial charge < -0.3 is 10.2 Å². The molecule has 0 atom stereocenters. The number of hydrogen-bond donors (Lipinski definition) is 2. The highest BCUT2D eigenvalue weighted by Crippen LogP contribution is 2.11.